The molecule has 1 fully saturated rings. The van der Waals surface area contributed by atoms with Crippen molar-refractivity contribution in [3.63, 3.8) is 0 Å². The lowest BCUT2D eigenvalue weighted by molar-refractivity contribution is 0.0931. The lowest BCUT2D eigenvalue weighted by atomic mass is 10.0. The Morgan fingerprint density at radius 3 is 2.71 bits per heavy atom. The highest BCUT2D eigenvalue weighted by Gasteiger charge is 2.32. The zero-order chi connectivity index (χ0) is 14.7. The Kier molecular flexibility index (Phi) is 4.34. The molecule has 108 valence electrons. The second-order valence-electron chi connectivity index (χ2n) is 5.50. The van der Waals surface area contributed by atoms with Gasteiger partial charge in [0.15, 0.2) is 0 Å². The fourth-order valence-corrected chi connectivity index (χ4v) is 2.85. The summed E-state index contributed by atoms with van der Waals surface area (Å²) < 4.78 is 0.821. The molecule has 0 radical (unpaired) electrons. The molecule has 0 spiro atoms. The molecule has 21 heavy (non-hydrogen) atoms. The first-order valence-electron chi connectivity index (χ1n) is 7.18. The number of amides is 1. The molecule has 0 aliphatic heterocycles. The number of hydrogen-bond donors (Lipinski definition) is 1. The van der Waals surface area contributed by atoms with Crippen LogP contribution in [0, 0.1) is 5.92 Å². The predicted octanol–water partition coefficient (Wildman–Crippen LogP) is 3.60. The van der Waals surface area contributed by atoms with Gasteiger partial charge in [0, 0.05) is 22.9 Å². The minimum atomic E-state index is -0.0448. The number of carbonyl (C=O) groups is 1. The van der Waals surface area contributed by atoms with E-state index in [9.17, 15) is 4.79 Å². The molecule has 1 amide bonds. The number of pyridine rings is 1. The summed E-state index contributed by atoms with van der Waals surface area (Å²) in [5, 5.41) is 3.17. The molecule has 0 bridgehead atoms. The number of halogens is 1. The maximum Gasteiger partial charge on any atom is 0.253 e. The van der Waals surface area contributed by atoms with Crippen LogP contribution in [0.15, 0.2) is 53.3 Å². The van der Waals surface area contributed by atoms with Gasteiger partial charge in [-0.3, -0.25) is 9.78 Å². The van der Waals surface area contributed by atoms with Gasteiger partial charge in [0.2, 0.25) is 0 Å². The van der Waals surface area contributed by atoms with Crippen molar-refractivity contribution in [2.75, 3.05) is 0 Å². The minimum Gasteiger partial charge on any atom is -0.349 e. The van der Waals surface area contributed by atoms with E-state index in [0.29, 0.717) is 11.5 Å². The summed E-state index contributed by atoms with van der Waals surface area (Å²) in [5.41, 5.74) is 1.87. The Labute approximate surface area is 132 Å². The quantitative estimate of drug-likeness (QED) is 0.900. The van der Waals surface area contributed by atoms with E-state index in [1.807, 2.05) is 18.2 Å². The van der Waals surface area contributed by atoms with Gasteiger partial charge in [-0.2, -0.15) is 0 Å². The third-order valence-corrected chi connectivity index (χ3v) is 4.21. The molecule has 2 aromatic rings. The zero-order valence-corrected chi connectivity index (χ0v) is 13.2. The van der Waals surface area contributed by atoms with Gasteiger partial charge in [-0.15, -0.1) is 0 Å². The second kappa shape index (κ2) is 6.39. The maximum atomic E-state index is 12.4. The van der Waals surface area contributed by atoms with Crippen LogP contribution in [0.25, 0.3) is 0 Å². The van der Waals surface area contributed by atoms with Gasteiger partial charge < -0.3 is 5.32 Å². The lowest BCUT2D eigenvalue weighted by Gasteiger charge is -2.18. The fraction of sp³-hybridized carbons (Fsp3) is 0.294. The summed E-state index contributed by atoms with van der Waals surface area (Å²) in [6.07, 6.45) is 6.58. The molecule has 1 aliphatic carbocycles. The molecule has 0 saturated heterocycles. The normalized spacial score (nSPS) is 15.5. The van der Waals surface area contributed by atoms with E-state index in [1.54, 1.807) is 18.5 Å². The van der Waals surface area contributed by atoms with E-state index < -0.39 is 0 Å². The number of nitrogens with zero attached hydrogens (tertiary/aromatic N) is 1. The molecule has 1 aromatic carbocycles. The van der Waals surface area contributed by atoms with Crippen molar-refractivity contribution in [3.8, 4) is 0 Å². The van der Waals surface area contributed by atoms with Crippen LogP contribution in [0.4, 0.5) is 0 Å². The standard InChI is InChI=1S/C17H17BrN2O/c18-15-9-14(10-19-11-15)17(21)20-16(13-6-7-13)8-12-4-2-1-3-5-12/h1-5,9-11,13,16H,6-8H2,(H,20,21)/t16-/m0/s1. The summed E-state index contributed by atoms with van der Waals surface area (Å²) in [4.78, 5) is 16.4. The van der Waals surface area contributed by atoms with Crippen LogP contribution in [0.1, 0.15) is 28.8 Å². The largest absolute Gasteiger partial charge is 0.349 e. The van der Waals surface area contributed by atoms with Crippen molar-refractivity contribution < 1.29 is 4.79 Å². The Morgan fingerprint density at radius 2 is 2.05 bits per heavy atom. The van der Waals surface area contributed by atoms with E-state index in [0.717, 1.165) is 10.9 Å². The summed E-state index contributed by atoms with van der Waals surface area (Å²) in [6.45, 7) is 0. The van der Waals surface area contributed by atoms with Gasteiger partial charge >= 0.3 is 0 Å². The lowest BCUT2D eigenvalue weighted by Crippen LogP contribution is -2.38. The van der Waals surface area contributed by atoms with E-state index >= 15 is 0 Å². The number of nitrogens with one attached hydrogen (secondary N) is 1. The van der Waals surface area contributed by atoms with E-state index in [1.165, 1.54) is 18.4 Å². The van der Waals surface area contributed by atoms with Gasteiger partial charge in [0.05, 0.1) is 5.56 Å². The van der Waals surface area contributed by atoms with Crippen molar-refractivity contribution in [1.29, 1.82) is 0 Å². The van der Waals surface area contributed by atoms with Crippen LogP contribution in [0.2, 0.25) is 0 Å². The molecule has 1 saturated carbocycles. The van der Waals surface area contributed by atoms with Gasteiger partial charge in [-0.05, 0) is 52.7 Å². The van der Waals surface area contributed by atoms with Crippen molar-refractivity contribution in [3.05, 3.63) is 64.4 Å². The average molecular weight is 345 g/mol. The fourth-order valence-electron chi connectivity index (χ4n) is 2.49. The van der Waals surface area contributed by atoms with Crippen molar-refractivity contribution in [2.45, 2.75) is 25.3 Å². The molecule has 1 heterocycles. The summed E-state index contributed by atoms with van der Waals surface area (Å²) in [7, 11) is 0. The average Bonchev–Trinajstić information content (AvgIpc) is 3.32. The van der Waals surface area contributed by atoms with E-state index in [4.69, 9.17) is 0 Å². The minimum absolute atomic E-state index is 0.0448. The molecular weight excluding hydrogens is 328 g/mol. The Hall–Kier alpha value is -1.68. The number of rotatable bonds is 5. The Balaban J connectivity index is 1.69. The van der Waals surface area contributed by atoms with Gasteiger partial charge in [0.25, 0.3) is 5.91 Å². The van der Waals surface area contributed by atoms with E-state index in [-0.39, 0.29) is 11.9 Å². The second-order valence-corrected chi connectivity index (χ2v) is 6.41. The third-order valence-electron chi connectivity index (χ3n) is 3.77. The van der Waals surface area contributed by atoms with Crippen LogP contribution in [-0.2, 0) is 6.42 Å². The zero-order valence-electron chi connectivity index (χ0n) is 11.6. The maximum absolute atomic E-state index is 12.4. The molecule has 3 rings (SSSR count). The van der Waals surface area contributed by atoms with E-state index in [2.05, 4.69) is 38.4 Å². The first kappa shape index (κ1) is 14.3. The molecule has 1 aromatic heterocycles. The highest BCUT2D eigenvalue weighted by atomic mass is 79.9. The molecule has 1 aliphatic rings. The summed E-state index contributed by atoms with van der Waals surface area (Å²) in [6, 6.07) is 12.3. The summed E-state index contributed by atoms with van der Waals surface area (Å²) in [5.74, 6) is 0.561. The first-order valence-corrected chi connectivity index (χ1v) is 7.97. The number of aromatic nitrogens is 1. The number of benzene rings is 1. The summed E-state index contributed by atoms with van der Waals surface area (Å²) >= 11 is 3.35. The molecular formula is C17H17BrN2O. The number of carbonyl (C=O) groups excluding carboxylic acids is 1. The van der Waals surface area contributed by atoms with Gasteiger partial charge in [-0.1, -0.05) is 30.3 Å². The van der Waals surface area contributed by atoms with Crippen LogP contribution < -0.4 is 5.32 Å². The molecule has 1 atom stereocenters. The van der Waals surface area contributed by atoms with Crippen LogP contribution in [-0.4, -0.2) is 16.9 Å². The smallest absolute Gasteiger partial charge is 0.253 e. The van der Waals surface area contributed by atoms with Crippen molar-refractivity contribution in [2.24, 2.45) is 5.92 Å². The van der Waals surface area contributed by atoms with Gasteiger partial charge in [-0.25, -0.2) is 0 Å². The Bertz CT molecular complexity index is 626. The Morgan fingerprint density at radius 1 is 1.29 bits per heavy atom. The molecule has 0 unspecified atom stereocenters. The van der Waals surface area contributed by atoms with Crippen LogP contribution >= 0.6 is 15.9 Å². The molecule has 4 heteroatoms. The van der Waals surface area contributed by atoms with Gasteiger partial charge in [0.1, 0.15) is 0 Å². The van der Waals surface area contributed by atoms with Crippen molar-refractivity contribution >= 4 is 21.8 Å². The van der Waals surface area contributed by atoms with Crippen LogP contribution in [0.3, 0.4) is 0 Å². The molecule has 3 nitrogen and oxygen atoms in total. The topological polar surface area (TPSA) is 42.0 Å². The monoisotopic (exact) mass is 344 g/mol. The first-order chi connectivity index (χ1) is 10.2. The highest BCUT2D eigenvalue weighted by Crippen LogP contribution is 2.34. The highest BCUT2D eigenvalue weighted by molar-refractivity contribution is 9.10. The predicted molar refractivity (Wildman–Crippen MR) is 86.1 cm³/mol. The molecule has 1 N–H and O–H groups in total. The third kappa shape index (κ3) is 3.91. The number of hydrogen-bond acceptors (Lipinski definition) is 2. The SMILES string of the molecule is O=C(N[C@@H](Cc1ccccc1)C1CC1)c1cncc(Br)c1. The van der Waals surface area contributed by atoms with Crippen LogP contribution in [0.5, 0.6) is 0 Å². The van der Waals surface area contributed by atoms with Crippen molar-refractivity contribution in [1.82, 2.24) is 10.3 Å².